The van der Waals surface area contributed by atoms with Gasteiger partial charge in [0.2, 0.25) is 5.91 Å². The van der Waals surface area contributed by atoms with E-state index < -0.39 is 0 Å². The number of carbonyl (C=O) groups excluding carboxylic acids is 1. The van der Waals surface area contributed by atoms with Crippen LogP contribution in [0.5, 0.6) is 0 Å². The van der Waals surface area contributed by atoms with Gasteiger partial charge in [-0.3, -0.25) is 14.2 Å². The van der Waals surface area contributed by atoms with Gasteiger partial charge in [0.05, 0.1) is 11.9 Å². The summed E-state index contributed by atoms with van der Waals surface area (Å²) in [7, 11) is 0. The lowest BCUT2D eigenvalue weighted by Gasteiger charge is -2.11. The molecule has 0 saturated carbocycles. The number of benzene rings is 2. The van der Waals surface area contributed by atoms with Crippen LogP contribution in [0.15, 0.2) is 53.7 Å². The number of hydrogen-bond acceptors (Lipinski definition) is 4. The first-order valence-electron chi connectivity index (χ1n) is 9.40. The molecule has 8 heteroatoms. The molecule has 0 unspecified atom stereocenters. The molecule has 152 valence electrons. The van der Waals surface area contributed by atoms with Crippen molar-refractivity contribution in [2.24, 2.45) is 0 Å². The zero-order chi connectivity index (χ0) is 21.4. The summed E-state index contributed by atoms with van der Waals surface area (Å²) in [5, 5.41) is 8.06. The van der Waals surface area contributed by atoms with E-state index in [1.54, 1.807) is 16.8 Å². The van der Waals surface area contributed by atoms with Gasteiger partial charge in [-0.15, -0.1) is 0 Å². The van der Waals surface area contributed by atoms with Crippen LogP contribution in [-0.2, 0) is 11.3 Å². The summed E-state index contributed by atoms with van der Waals surface area (Å²) >= 11 is 6.11. The van der Waals surface area contributed by atoms with Crippen LogP contribution in [0.2, 0.25) is 5.02 Å². The van der Waals surface area contributed by atoms with Gasteiger partial charge in [-0.2, -0.15) is 5.10 Å². The minimum atomic E-state index is -0.332. The zero-order valence-corrected chi connectivity index (χ0v) is 17.6. The van der Waals surface area contributed by atoms with E-state index >= 15 is 0 Å². The average molecular weight is 422 g/mol. The summed E-state index contributed by atoms with van der Waals surface area (Å²) in [6, 6.07) is 11.2. The van der Waals surface area contributed by atoms with Crippen molar-refractivity contribution in [3.05, 3.63) is 81.0 Å². The summed E-state index contributed by atoms with van der Waals surface area (Å²) < 4.78 is 2.86. The lowest BCUT2D eigenvalue weighted by molar-refractivity contribution is -0.116. The van der Waals surface area contributed by atoms with Crippen molar-refractivity contribution in [2.45, 2.75) is 27.3 Å². The number of aryl methyl sites for hydroxylation is 3. The highest BCUT2D eigenvalue weighted by Crippen LogP contribution is 2.21. The third kappa shape index (κ3) is 3.71. The summed E-state index contributed by atoms with van der Waals surface area (Å²) in [6.45, 7) is 5.70. The Labute approximate surface area is 177 Å². The zero-order valence-electron chi connectivity index (χ0n) is 16.8. The van der Waals surface area contributed by atoms with Crippen LogP contribution in [-0.4, -0.2) is 25.2 Å². The van der Waals surface area contributed by atoms with Crippen LogP contribution in [0, 0.1) is 20.8 Å². The fraction of sp³-hybridized carbons (Fsp3) is 0.182. The number of nitrogens with one attached hydrogen (secondary N) is 1. The lowest BCUT2D eigenvalue weighted by Crippen LogP contribution is -2.28. The van der Waals surface area contributed by atoms with Gasteiger partial charge in [-0.25, -0.2) is 9.67 Å². The van der Waals surface area contributed by atoms with Gasteiger partial charge in [-0.05, 0) is 50.1 Å². The van der Waals surface area contributed by atoms with Crippen LogP contribution < -0.4 is 10.9 Å². The highest BCUT2D eigenvalue weighted by atomic mass is 35.5. The highest BCUT2D eigenvalue weighted by Gasteiger charge is 2.15. The second-order valence-electron chi connectivity index (χ2n) is 7.27. The molecule has 7 nitrogen and oxygen atoms in total. The quantitative estimate of drug-likeness (QED) is 0.543. The van der Waals surface area contributed by atoms with E-state index in [4.69, 9.17) is 11.6 Å². The number of anilines is 1. The minimum Gasteiger partial charge on any atom is -0.324 e. The third-order valence-electron chi connectivity index (χ3n) is 4.92. The predicted octanol–water partition coefficient (Wildman–Crippen LogP) is 3.80. The Morgan fingerprint density at radius 2 is 1.90 bits per heavy atom. The average Bonchev–Trinajstić information content (AvgIpc) is 3.13. The van der Waals surface area contributed by atoms with Crippen molar-refractivity contribution in [2.75, 3.05) is 5.32 Å². The SMILES string of the molecule is Cc1ccc(NC(=O)Cn2cnc3c(cnn3-c3cc(Cl)ccc3C)c2=O)c(C)c1. The molecule has 2 heterocycles. The van der Waals surface area contributed by atoms with Crippen LogP contribution >= 0.6 is 11.6 Å². The number of fused-ring (bicyclic) bond motifs is 1. The highest BCUT2D eigenvalue weighted by molar-refractivity contribution is 6.30. The fourth-order valence-corrected chi connectivity index (χ4v) is 3.51. The molecule has 4 aromatic rings. The van der Waals surface area contributed by atoms with Crippen LogP contribution in [0.25, 0.3) is 16.7 Å². The molecule has 1 N–H and O–H groups in total. The Kier molecular flexibility index (Phi) is 5.13. The predicted molar refractivity (Wildman–Crippen MR) is 117 cm³/mol. The summed E-state index contributed by atoms with van der Waals surface area (Å²) in [4.78, 5) is 29.7. The van der Waals surface area contributed by atoms with E-state index in [0.29, 0.717) is 16.1 Å². The monoisotopic (exact) mass is 421 g/mol. The second kappa shape index (κ2) is 7.76. The maximum Gasteiger partial charge on any atom is 0.264 e. The molecular formula is C22H20ClN5O2. The van der Waals surface area contributed by atoms with Crippen LogP contribution in [0.1, 0.15) is 16.7 Å². The first kappa shape index (κ1) is 19.8. The minimum absolute atomic E-state index is 0.142. The molecule has 2 aromatic carbocycles. The summed E-state index contributed by atoms with van der Waals surface area (Å²) in [5.41, 5.74) is 4.57. The van der Waals surface area contributed by atoms with Crippen molar-refractivity contribution in [3.8, 4) is 5.69 Å². The molecule has 0 aliphatic rings. The number of halogens is 1. The molecule has 0 atom stereocenters. The van der Waals surface area contributed by atoms with Gasteiger partial charge in [0.1, 0.15) is 18.3 Å². The number of amides is 1. The second-order valence-corrected chi connectivity index (χ2v) is 7.71. The van der Waals surface area contributed by atoms with E-state index in [9.17, 15) is 9.59 Å². The first-order chi connectivity index (χ1) is 14.3. The largest absolute Gasteiger partial charge is 0.324 e. The molecule has 0 aliphatic heterocycles. The summed E-state index contributed by atoms with van der Waals surface area (Å²) in [5.74, 6) is -0.303. The maximum absolute atomic E-state index is 12.9. The normalized spacial score (nSPS) is 11.1. The topological polar surface area (TPSA) is 81.8 Å². The number of hydrogen-bond donors (Lipinski definition) is 1. The number of carbonyl (C=O) groups is 1. The number of aromatic nitrogens is 4. The number of nitrogens with zero attached hydrogens (tertiary/aromatic N) is 4. The molecule has 1 amide bonds. The van der Waals surface area contributed by atoms with E-state index in [1.807, 2.05) is 45.0 Å². The molecule has 30 heavy (non-hydrogen) atoms. The van der Waals surface area contributed by atoms with Crippen molar-refractivity contribution in [1.82, 2.24) is 19.3 Å². The lowest BCUT2D eigenvalue weighted by atomic mass is 10.1. The molecule has 0 fully saturated rings. The molecule has 2 aromatic heterocycles. The van der Waals surface area contributed by atoms with Crippen molar-refractivity contribution < 1.29 is 4.79 Å². The van der Waals surface area contributed by atoms with Gasteiger partial charge in [0.25, 0.3) is 5.56 Å². The number of rotatable bonds is 4. The van der Waals surface area contributed by atoms with Crippen LogP contribution in [0.3, 0.4) is 0 Å². The smallest absolute Gasteiger partial charge is 0.264 e. The van der Waals surface area contributed by atoms with Gasteiger partial charge >= 0.3 is 0 Å². The molecule has 0 bridgehead atoms. The Morgan fingerprint density at radius 1 is 1.10 bits per heavy atom. The third-order valence-corrected chi connectivity index (χ3v) is 5.16. The van der Waals surface area contributed by atoms with Crippen molar-refractivity contribution >= 4 is 34.2 Å². The summed E-state index contributed by atoms with van der Waals surface area (Å²) in [6.07, 6.45) is 2.83. The molecule has 0 saturated heterocycles. The standard InChI is InChI=1S/C22H20ClN5O2/c1-13-4-7-18(15(3)8-13)26-20(29)11-27-12-24-21-17(22(27)30)10-25-28(21)19-9-16(23)6-5-14(19)2/h4-10,12H,11H2,1-3H3,(H,26,29). The van der Waals surface area contributed by atoms with Gasteiger partial charge in [0, 0.05) is 10.7 Å². The van der Waals surface area contributed by atoms with E-state index in [0.717, 1.165) is 28.1 Å². The van der Waals surface area contributed by atoms with Crippen LogP contribution in [0.4, 0.5) is 5.69 Å². The Hall–Kier alpha value is -3.45. The van der Waals surface area contributed by atoms with Gasteiger partial charge < -0.3 is 5.32 Å². The fourth-order valence-electron chi connectivity index (χ4n) is 3.35. The Balaban J connectivity index is 1.64. The van der Waals surface area contributed by atoms with E-state index in [2.05, 4.69) is 15.4 Å². The van der Waals surface area contributed by atoms with Crippen molar-refractivity contribution in [1.29, 1.82) is 0 Å². The van der Waals surface area contributed by atoms with E-state index in [-0.39, 0.29) is 18.0 Å². The van der Waals surface area contributed by atoms with Gasteiger partial charge in [-0.1, -0.05) is 35.4 Å². The molecular weight excluding hydrogens is 402 g/mol. The first-order valence-corrected chi connectivity index (χ1v) is 9.78. The molecule has 0 radical (unpaired) electrons. The van der Waals surface area contributed by atoms with Crippen molar-refractivity contribution in [3.63, 3.8) is 0 Å². The molecule has 0 spiro atoms. The van der Waals surface area contributed by atoms with Gasteiger partial charge in [0.15, 0.2) is 5.65 Å². The Morgan fingerprint density at radius 3 is 2.67 bits per heavy atom. The molecule has 4 rings (SSSR count). The van der Waals surface area contributed by atoms with E-state index in [1.165, 1.54) is 17.1 Å². The Bertz CT molecular complexity index is 1340. The molecule has 0 aliphatic carbocycles. The maximum atomic E-state index is 12.9.